The predicted molar refractivity (Wildman–Crippen MR) is 50.4 cm³/mol. The highest BCUT2D eigenvalue weighted by atomic mass is 79.9. The van der Waals surface area contributed by atoms with Crippen LogP contribution in [0, 0.1) is 0 Å². The molecular formula is C8H11BrN2. The average Bonchev–Trinajstić information content (AvgIpc) is 1.94. The minimum absolute atomic E-state index is 0.436. The van der Waals surface area contributed by atoms with Crippen molar-refractivity contribution in [1.29, 1.82) is 0 Å². The van der Waals surface area contributed by atoms with E-state index in [-0.39, 0.29) is 0 Å². The van der Waals surface area contributed by atoms with Gasteiger partial charge in [0.25, 0.3) is 0 Å². The lowest BCUT2D eigenvalue weighted by molar-refractivity contribution is 0.824. The van der Waals surface area contributed by atoms with Crippen LogP contribution in [0.5, 0.6) is 0 Å². The molecule has 0 fully saturated rings. The molecule has 0 atom stereocenters. The fourth-order valence-corrected chi connectivity index (χ4v) is 1.02. The maximum atomic E-state index is 5.60. The molecule has 2 nitrogen and oxygen atoms in total. The molecule has 3 heteroatoms. The van der Waals surface area contributed by atoms with Crippen molar-refractivity contribution in [1.82, 2.24) is 4.98 Å². The molecule has 2 N–H and O–H groups in total. The van der Waals surface area contributed by atoms with E-state index in [9.17, 15) is 0 Å². The van der Waals surface area contributed by atoms with E-state index < -0.39 is 0 Å². The van der Waals surface area contributed by atoms with Crippen LogP contribution < -0.4 is 5.73 Å². The molecule has 1 aromatic heterocycles. The van der Waals surface area contributed by atoms with E-state index in [1.54, 1.807) is 0 Å². The number of aromatic nitrogens is 1. The summed E-state index contributed by atoms with van der Waals surface area (Å²) in [5, 5.41) is 0. The number of nitrogens with zero attached hydrogens (tertiary/aromatic N) is 1. The molecule has 1 heterocycles. The highest BCUT2D eigenvalue weighted by Gasteiger charge is 2.02. The van der Waals surface area contributed by atoms with Crippen LogP contribution in [0.4, 0.5) is 5.82 Å². The van der Waals surface area contributed by atoms with Gasteiger partial charge in [-0.05, 0) is 34.0 Å². The highest BCUT2D eigenvalue weighted by Crippen LogP contribution is 2.20. The Morgan fingerprint density at radius 2 is 2.09 bits per heavy atom. The molecule has 1 aromatic rings. The van der Waals surface area contributed by atoms with Crippen molar-refractivity contribution in [2.75, 3.05) is 5.73 Å². The summed E-state index contributed by atoms with van der Waals surface area (Å²) >= 11 is 3.29. The van der Waals surface area contributed by atoms with Gasteiger partial charge in [-0.2, -0.15) is 0 Å². The molecule has 0 aromatic carbocycles. The molecule has 0 aliphatic rings. The second-order valence-electron chi connectivity index (χ2n) is 2.76. The van der Waals surface area contributed by atoms with E-state index in [0.717, 1.165) is 10.2 Å². The summed E-state index contributed by atoms with van der Waals surface area (Å²) in [5.74, 6) is 1.00. The maximum Gasteiger partial charge on any atom is 0.138 e. The Hall–Kier alpha value is -0.570. The quantitative estimate of drug-likeness (QED) is 0.781. The van der Waals surface area contributed by atoms with Gasteiger partial charge in [0.15, 0.2) is 0 Å². The molecular weight excluding hydrogens is 204 g/mol. The Kier molecular flexibility index (Phi) is 2.49. The van der Waals surface area contributed by atoms with Crippen LogP contribution in [0.15, 0.2) is 16.6 Å². The zero-order chi connectivity index (χ0) is 8.43. The first-order valence-corrected chi connectivity index (χ1v) is 4.32. The lowest BCUT2D eigenvalue weighted by Crippen LogP contribution is -1.97. The van der Waals surface area contributed by atoms with E-state index in [1.807, 2.05) is 12.1 Å². The van der Waals surface area contributed by atoms with Crippen molar-refractivity contribution in [3.8, 4) is 0 Å². The molecule has 0 unspecified atom stereocenters. The van der Waals surface area contributed by atoms with Crippen LogP contribution in [-0.4, -0.2) is 4.98 Å². The van der Waals surface area contributed by atoms with Crippen LogP contribution in [0.2, 0.25) is 0 Å². The number of hydrogen-bond acceptors (Lipinski definition) is 2. The second-order valence-corrected chi connectivity index (χ2v) is 3.61. The van der Waals surface area contributed by atoms with Crippen LogP contribution in [0.25, 0.3) is 0 Å². The normalized spacial score (nSPS) is 10.5. The van der Waals surface area contributed by atoms with Gasteiger partial charge in [0.1, 0.15) is 5.82 Å². The fourth-order valence-electron chi connectivity index (χ4n) is 0.795. The topological polar surface area (TPSA) is 38.9 Å². The minimum atomic E-state index is 0.436. The van der Waals surface area contributed by atoms with Gasteiger partial charge in [0, 0.05) is 5.69 Å². The Morgan fingerprint density at radius 1 is 1.45 bits per heavy atom. The molecule has 0 spiro atoms. The van der Waals surface area contributed by atoms with Crippen molar-refractivity contribution < 1.29 is 0 Å². The second kappa shape index (κ2) is 3.22. The molecule has 0 aliphatic carbocycles. The highest BCUT2D eigenvalue weighted by molar-refractivity contribution is 9.10. The largest absolute Gasteiger partial charge is 0.383 e. The predicted octanol–water partition coefficient (Wildman–Crippen LogP) is 2.55. The maximum absolute atomic E-state index is 5.60. The Balaban J connectivity index is 3.05. The third-order valence-corrected chi connectivity index (χ3v) is 2.16. The lowest BCUT2D eigenvalue weighted by atomic mass is 10.1. The van der Waals surface area contributed by atoms with Crippen molar-refractivity contribution in [2.24, 2.45) is 0 Å². The number of nitrogen functional groups attached to an aromatic ring is 1. The summed E-state index contributed by atoms with van der Waals surface area (Å²) in [6, 6.07) is 3.91. The first kappa shape index (κ1) is 8.53. The standard InChI is InChI=1S/C8H11BrN2/c1-5(2)7-4-3-6(9)8(10)11-7/h3-5H,1-2H3,(H2,10,11). The summed E-state index contributed by atoms with van der Waals surface area (Å²) in [6.45, 7) is 4.19. The molecule has 0 aliphatic heterocycles. The zero-order valence-electron chi connectivity index (χ0n) is 6.63. The van der Waals surface area contributed by atoms with Gasteiger partial charge in [0.05, 0.1) is 4.47 Å². The number of hydrogen-bond donors (Lipinski definition) is 1. The Morgan fingerprint density at radius 3 is 2.55 bits per heavy atom. The van der Waals surface area contributed by atoms with Crippen molar-refractivity contribution in [3.05, 3.63) is 22.3 Å². The van der Waals surface area contributed by atoms with Crippen molar-refractivity contribution in [3.63, 3.8) is 0 Å². The van der Waals surface area contributed by atoms with E-state index in [0.29, 0.717) is 11.7 Å². The van der Waals surface area contributed by atoms with E-state index in [4.69, 9.17) is 5.73 Å². The first-order chi connectivity index (χ1) is 5.11. The lowest BCUT2D eigenvalue weighted by Gasteiger charge is -2.05. The molecule has 1 rings (SSSR count). The molecule has 11 heavy (non-hydrogen) atoms. The summed E-state index contributed by atoms with van der Waals surface area (Å²) in [5.41, 5.74) is 6.63. The van der Waals surface area contributed by atoms with Crippen LogP contribution in [0.1, 0.15) is 25.5 Å². The van der Waals surface area contributed by atoms with Gasteiger partial charge in [-0.1, -0.05) is 13.8 Å². The van der Waals surface area contributed by atoms with Gasteiger partial charge < -0.3 is 5.73 Å². The molecule has 0 saturated carbocycles. The number of rotatable bonds is 1. The summed E-state index contributed by atoms with van der Waals surface area (Å²) in [4.78, 5) is 4.20. The van der Waals surface area contributed by atoms with Crippen LogP contribution in [0.3, 0.4) is 0 Å². The molecule has 0 amide bonds. The fraction of sp³-hybridized carbons (Fsp3) is 0.375. The van der Waals surface area contributed by atoms with Crippen molar-refractivity contribution >= 4 is 21.7 Å². The smallest absolute Gasteiger partial charge is 0.138 e. The van der Waals surface area contributed by atoms with Gasteiger partial charge >= 0.3 is 0 Å². The van der Waals surface area contributed by atoms with E-state index >= 15 is 0 Å². The van der Waals surface area contributed by atoms with Crippen LogP contribution in [-0.2, 0) is 0 Å². The minimum Gasteiger partial charge on any atom is -0.383 e. The van der Waals surface area contributed by atoms with E-state index in [1.165, 1.54) is 0 Å². The Bertz CT molecular complexity index is 258. The number of nitrogens with two attached hydrogens (primary N) is 1. The average molecular weight is 215 g/mol. The molecule has 0 bridgehead atoms. The van der Waals surface area contributed by atoms with Crippen LogP contribution >= 0.6 is 15.9 Å². The van der Waals surface area contributed by atoms with Gasteiger partial charge in [-0.25, -0.2) is 4.98 Å². The number of pyridine rings is 1. The molecule has 0 radical (unpaired) electrons. The van der Waals surface area contributed by atoms with Gasteiger partial charge in [-0.3, -0.25) is 0 Å². The monoisotopic (exact) mass is 214 g/mol. The summed E-state index contributed by atoms with van der Waals surface area (Å²) in [7, 11) is 0. The van der Waals surface area contributed by atoms with Gasteiger partial charge in [0.2, 0.25) is 0 Å². The number of halogens is 1. The molecule has 60 valence electrons. The third-order valence-electron chi connectivity index (χ3n) is 1.49. The summed E-state index contributed by atoms with van der Waals surface area (Å²) < 4.78 is 0.863. The first-order valence-electron chi connectivity index (χ1n) is 3.53. The number of anilines is 1. The Labute approximate surface area is 75.0 Å². The SMILES string of the molecule is CC(C)c1ccc(Br)c(N)n1. The van der Waals surface area contributed by atoms with E-state index in [2.05, 4.69) is 34.8 Å². The third kappa shape index (κ3) is 1.93. The molecule has 0 saturated heterocycles. The van der Waals surface area contributed by atoms with Gasteiger partial charge in [-0.15, -0.1) is 0 Å². The van der Waals surface area contributed by atoms with Crippen molar-refractivity contribution in [2.45, 2.75) is 19.8 Å². The zero-order valence-corrected chi connectivity index (χ0v) is 8.22. The summed E-state index contributed by atoms with van der Waals surface area (Å²) in [6.07, 6.45) is 0.